The van der Waals surface area contributed by atoms with Gasteiger partial charge in [-0.3, -0.25) is 9.78 Å². The van der Waals surface area contributed by atoms with Gasteiger partial charge in [0.1, 0.15) is 0 Å². The number of hydrogen-bond acceptors (Lipinski definition) is 7. The second-order valence-electron chi connectivity index (χ2n) is 7.46. The number of nitrogens with zero attached hydrogens (tertiary/aromatic N) is 5. The first kappa shape index (κ1) is 18.4. The Morgan fingerprint density at radius 2 is 2.13 bits per heavy atom. The van der Waals surface area contributed by atoms with Gasteiger partial charge < -0.3 is 15.0 Å². The molecule has 30 heavy (non-hydrogen) atoms. The molecule has 0 radical (unpaired) electrons. The Morgan fingerprint density at radius 3 is 3.00 bits per heavy atom. The summed E-state index contributed by atoms with van der Waals surface area (Å²) in [6, 6.07) is 5.53. The Bertz CT molecular complexity index is 1260. The number of allylic oxidation sites excluding steroid dienone is 2. The Balaban J connectivity index is 1.49. The van der Waals surface area contributed by atoms with Crippen LogP contribution in [0.5, 0.6) is 0 Å². The highest BCUT2D eigenvalue weighted by atomic mass is 16.5. The third-order valence-electron chi connectivity index (χ3n) is 5.52. The largest absolute Gasteiger partial charge is 0.482 e. The highest BCUT2D eigenvalue weighted by molar-refractivity contribution is 5.75. The summed E-state index contributed by atoms with van der Waals surface area (Å²) in [5.74, 6) is 1.55. The molecule has 0 bridgehead atoms. The van der Waals surface area contributed by atoms with E-state index in [1.54, 1.807) is 7.11 Å². The summed E-state index contributed by atoms with van der Waals surface area (Å²) in [6.45, 7) is 4.22. The normalized spacial score (nSPS) is 15.9. The summed E-state index contributed by atoms with van der Waals surface area (Å²) >= 11 is 0. The van der Waals surface area contributed by atoms with Crippen LogP contribution in [0.2, 0.25) is 0 Å². The number of rotatable bonds is 3. The van der Waals surface area contributed by atoms with Crippen LogP contribution in [0.1, 0.15) is 22.4 Å². The van der Waals surface area contributed by atoms with E-state index >= 15 is 0 Å². The zero-order valence-corrected chi connectivity index (χ0v) is 16.9. The van der Waals surface area contributed by atoms with Crippen molar-refractivity contribution in [3.8, 4) is 0 Å². The van der Waals surface area contributed by atoms with Crippen molar-refractivity contribution >= 4 is 17.0 Å². The molecule has 0 saturated heterocycles. The number of hydrogen-bond donors (Lipinski definition) is 1. The number of fused-ring (bicyclic) bond motifs is 2. The maximum Gasteiger partial charge on any atom is 0.274 e. The predicted molar refractivity (Wildman–Crippen MR) is 114 cm³/mol. The van der Waals surface area contributed by atoms with E-state index in [4.69, 9.17) is 9.72 Å². The molecular formula is C22H22N6O2. The molecule has 5 rings (SSSR count). The van der Waals surface area contributed by atoms with Gasteiger partial charge in [-0.2, -0.15) is 4.52 Å². The average Bonchev–Trinajstić information content (AvgIpc) is 2.78. The first-order valence-electron chi connectivity index (χ1n) is 9.91. The first-order chi connectivity index (χ1) is 14.6. The molecule has 2 aliphatic heterocycles. The molecule has 5 heterocycles. The Hall–Kier alpha value is -3.68. The first-order valence-corrected chi connectivity index (χ1v) is 9.91. The summed E-state index contributed by atoms with van der Waals surface area (Å²) < 4.78 is 6.69. The smallest absolute Gasteiger partial charge is 0.274 e. The van der Waals surface area contributed by atoms with Crippen molar-refractivity contribution in [2.24, 2.45) is 0 Å². The van der Waals surface area contributed by atoms with Gasteiger partial charge in [-0.15, -0.1) is 5.10 Å². The topological polar surface area (TPSA) is 84.7 Å². The lowest BCUT2D eigenvalue weighted by atomic mass is 9.99. The van der Waals surface area contributed by atoms with Crippen LogP contribution >= 0.6 is 0 Å². The third kappa shape index (κ3) is 3.20. The SMILES string of the molecule is COC1=CC(c2cnc3c(c2)CN(c2nn4c(=O)ccnc4cc2C)CC3)=CCN1. The second-order valence-corrected chi connectivity index (χ2v) is 7.46. The summed E-state index contributed by atoms with van der Waals surface area (Å²) in [5, 5.41) is 7.78. The summed E-state index contributed by atoms with van der Waals surface area (Å²) in [6.07, 6.45) is 8.39. The molecular weight excluding hydrogens is 380 g/mol. The van der Waals surface area contributed by atoms with Crippen molar-refractivity contribution < 1.29 is 4.74 Å². The minimum atomic E-state index is -0.179. The van der Waals surface area contributed by atoms with Crippen LogP contribution in [0.3, 0.4) is 0 Å². The van der Waals surface area contributed by atoms with E-state index in [9.17, 15) is 4.79 Å². The molecule has 0 spiro atoms. The van der Waals surface area contributed by atoms with E-state index in [1.807, 2.05) is 25.3 Å². The Labute approximate surface area is 173 Å². The molecule has 2 aliphatic rings. The molecule has 0 amide bonds. The molecule has 0 aliphatic carbocycles. The lowest BCUT2D eigenvalue weighted by Gasteiger charge is -2.30. The van der Waals surface area contributed by atoms with Gasteiger partial charge in [0.05, 0.1) is 7.11 Å². The number of anilines is 1. The molecule has 0 saturated carbocycles. The predicted octanol–water partition coefficient (Wildman–Crippen LogP) is 1.83. The van der Waals surface area contributed by atoms with Crippen molar-refractivity contribution in [3.05, 3.63) is 81.4 Å². The number of pyridine rings is 1. The van der Waals surface area contributed by atoms with Crippen molar-refractivity contribution in [1.29, 1.82) is 0 Å². The highest BCUT2D eigenvalue weighted by Gasteiger charge is 2.22. The number of methoxy groups -OCH3 is 1. The zero-order chi connectivity index (χ0) is 20.7. The number of nitrogens with one attached hydrogen (secondary N) is 1. The van der Waals surface area contributed by atoms with Crippen LogP contribution < -0.4 is 15.8 Å². The molecule has 3 aromatic heterocycles. The maximum absolute atomic E-state index is 12.2. The van der Waals surface area contributed by atoms with Crippen LogP contribution in [0, 0.1) is 6.92 Å². The van der Waals surface area contributed by atoms with Crippen LogP contribution in [0.15, 0.2) is 53.4 Å². The minimum Gasteiger partial charge on any atom is -0.482 e. The van der Waals surface area contributed by atoms with Gasteiger partial charge in [0, 0.05) is 61.8 Å². The summed E-state index contributed by atoms with van der Waals surface area (Å²) in [4.78, 5) is 23.4. The minimum absolute atomic E-state index is 0.179. The van der Waals surface area contributed by atoms with Gasteiger partial charge in [0.25, 0.3) is 5.56 Å². The van der Waals surface area contributed by atoms with E-state index in [-0.39, 0.29) is 5.56 Å². The Kier molecular flexibility index (Phi) is 4.46. The lowest BCUT2D eigenvalue weighted by molar-refractivity contribution is 0.264. The van der Waals surface area contributed by atoms with Crippen molar-refractivity contribution in [2.45, 2.75) is 19.9 Å². The van der Waals surface area contributed by atoms with E-state index < -0.39 is 0 Å². The number of ether oxygens (including phenoxy) is 1. The van der Waals surface area contributed by atoms with E-state index in [0.29, 0.717) is 12.2 Å². The number of dihydropyridines is 1. The van der Waals surface area contributed by atoms with Crippen LogP contribution in [0.25, 0.3) is 11.2 Å². The van der Waals surface area contributed by atoms with Crippen LogP contribution in [-0.2, 0) is 17.7 Å². The van der Waals surface area contributed by atoms with Gasteiger partial charge in [0.2, 0.25) is 0 Å². The van der Waals surface area contributed by atoms with Gasteiger partial charge in [-0.05, 0) is 35.8 Å². The van der Waals surface area contributed by atoms with E-state index in [1.165, 1.54) is 22.3 Å². The number of aryl methyl sites for hydroxylation is 1. The van der Waals surface area contributed by atoms with E-state index in [2.05, 4.69) is 32.4 Å². The number of aromatic nitrogens is 4. The summed E-state index contributed by atoms with van der Waals surface area (Å²) in [5.41, 5.74) is 5.81. The molecule has 152 valence electrons. The molecule has 8 heteroatoms. The third-order valence-corrected chi connectivity index (χ3v) is 5.52. The highest BCUT2D eigenvalue weighted by Crippen LogP contribution is 2.27. The summed E-state index contributed by atoms with van der Waals surface area (Å²) in [7, 11) is 1.66. The Morgan fingerprint density at radius 1 is 1.23 bits per heavy atom. The van der Waals surface area contributed by atoms with Gasteiger partial charge in [0.15, 0.2) is 17.3 Å². The monoisotopic (exact) mass is 402 g/mol. The molecule has 1 N–H and O–H groups in total. The van der Waals surface area contributed by atoms with Crippen molar-refractivity contribution in [2.75, 3.05) is 25.1 Å². The fraction of sp³-hybridized carbons (Fsp3) is 0.273. The quantitative estimate of drug-likeness (QED) is 0.715. The molecule has 3 aromatic rings. The lowest BCUT2D eigenvalue weighted by Crippen LogP contribution is -2.33. The maximum atomic E-state index is 12.2. The zero-order valence-electron chi connectivity index (χ0n) is 16.9. The van der Waals surface area contributed by atoms with Crippen molar-refractivity contribution in [3.63, 3.8) is 0 Å². The van der Waals surface area contributed by atoms with Gasteiger partial charge >= 0.3 is 0 Å². The van der Waals surface area contributed by atoms with Crippen molar-refractivity contribution in [1.82, 2.24) is 24.9 Å². The fourth-order valence-electron chi connectivity index (χ4n) is 3.97. The molecule has 0 aromatic carbocycles. The van der Waals surface area contributed by atoms with Gasteiger partial charge in [-0.25, -0.2) is 4.98 Å². The average molecular weight is 402 g/mol. The van der Waals surface area contributed by atoms with Crippen LogP contribution in [-0.4, -0.2) is 39.8 Å². The molecule has 0 fully saturated rings. The molecule has 0 atom stereocenters. The van der Waals surface area contributed by atoms with Crippen LogP contribution in [0.4, 0.5) is 5.82 Å². The molecule has 0 unspecified atom stereocenters. The second kappa shape index (κ2) is 7.29. The fourth-order valence-corrected chi connectivity index (χ4v) is 3.97. The molecule has 8 nitrogen and oxygen atoms in total. The standard InChI is InChI=1S/C22H22N6O2/c1-14-9-19-23-7-4-21(29)28(19)26-22(14)27-8-5-18-17(13-27)10-16(12-25-18)15-3-6-24-20(11-15)30-2/h3-4,7,9-12,24H,5-6,8,13H2,1-2H3. The van der Waals surface area contributed by atoms with E-state index in [0.717, 1.165) is 53.6 Å². The van der Waals surface area contributed by atoms with Gasteiger partial charge in [-0.1, -0.05) is 6.08 Å².